The third-order valence-electron chi connectivity index (χ3n) is 6.79. The molecule has 0 atom stereocenters. The predicted molar refractivity (Wildman–Crippen MR) is 137 cm³/mol. The number of fused-ring (bicyclic) bond motifs is 5. The number of rotatable bonds is 4. The quantitative estimate of drug-likeness (QED) is 0.477. The van der Waals surface area contributed by atoms with Crippen LogP contribution < -0.4 is 10.2 Å². The molecule has 9 heteroatoms. The Balaban J connectivity index is 1.48. The summed E-state index contributed by atoms with van der Waals surface area (Å²) in [5, 5.41) is 4.66. The molecule has 0 amide bonds. The van der Waals surface area contributed by atoms with E-state index < -0.39 is 0 Å². The van der Waals surface area contributed by atoms with Gasteiger partial charge in [0.05, 0.1) is 22.4 Å². The number of thiophene rings is 1. The zero-order chi connectivity index (χ0) is 23.3. The number of nitrogens with one attached hydrogen (secondary N) is 1. The molecule has 2 aliphatic rings. The van der Waals surface area contributed by atoms with E-state index in [-0.39, 0.29) is 5.60 Å². The number of likely N-dealkylation sites (N-methyl/N-ethyl adjacent to an activating group) is 1. The molecular formula is C25H29N7OS. The van der Waals surface area contributed by atoms with Crippen molar-refractivity contribution in [2.75, 3.05) is 43.4 Å². The summed E-state index contributed by atoms with van der Waals surface area (Å²) >= 11 is 1.68. The third-order valence-corrected chi connectivity index (χ3v) is 7.87. The minimum absolute atomic E-state index is 0.219. The molecule has 0 spiro atoms. The Morgan fingerprint density at radius 3 is 2.79 bits per heavy atom. The minimum Gasteiger partial charge on any atom is -0.370 e. The van der Waals surface area contributed by atoms with Gasteiger partial charge in [-0.1, -0.05) is 6.07 Å². The topological polar surface area (TPSA) is 79.3 Å². The fourth-order valence-electron chi connectivity index (χ4n) is 4.88. The summed E-state index contributed by atoms with van der Waals surface area (Å²) in [6.07, 6.45) is 6.16. The van der Waals surface area contributed by atoms with Crippen molar-refractivity contribution in [1.29, 1.82) is 0 Å². The van der Waals surface area contributed by atoms with Gasteiger partial charge in [0.1, 0.15) is 22.8 Å². The highest BCUT2D eigenvalue weighted by molar-refractivity contribution is 7.26. The Labute approximate surface area is 203 Å². The minimum atomic E-state index is -0.219. The smallest absolute Gasteiger partial charge is 0.147 e. The molecule has 2 aliphatic heterocycles. The summed E-state index contributed by atoms with van der Waals surface area (Å²) in [4.78, 5) is 24.6. The summed E-state index contributed by atoms with van der Waals surface area (Å²) in [6, 6.07) is 4.01. The Bertz CT molecular complexity index is 1350. The van der Waals surface area contributed by atoms with Gasteiger partial charge in [-0.25, -0.2) is 15.0 Å². The fourth-order valence-corrected chi connectivity index (χ4v) is 6.00. The van der Waals surface area contributed by atoms with Crippen LogP contribution in [0, 0.1) is 0 Å². The van der Waals surface area contributed by atoms with Crippen molar-refractivity contribution in [3.8, 4) is 0 Å². The van der Waals surface area contributed by atoms with Gasteiger partial charge in [0.15, 0.2) is 0 Å². The van der Waals surface area contributed by atoms with Crippen LogP contribution in [0.3, 0.4) is 0 Å². The number of ether oxygens (including phenoxy) is 1. The Morgan fingerprint density at radius 1 is 1.15 bits per heavy atom. The number of piperazine rings is 1. The van der Waals surface area contributed by atoms with E-state index in [0.717, 1.165) is 70.2 Å². The Morgan fingerprint density at radius 2 is 2.00 bits per heavy atom. The first-order valence-corrected chi connectivity index (χ1v) is 12.6. The fraction of sp³-hybridized carbons (Fsp3) is 0.440. The van der Waals surface area contributed by atoms with Crippen molar-refractivity contribution in [3.05, 3.63) is 47.5 Å². The van der Waals surface area contributed by atoms with Crippen LogP contribution in [0.2, 0.25) is 0 Å². The second-order valence-corrected chi connectivity index (χ2v) is 10.8. The third kappa shape index (κ3) is 3.87. The molecule has 4 aromatic rings. The van der Waals surface area contributed by atoms with Gasteiger partial charge in [-0.3, -0.25) is 4.98 Å². The average molecular weight is 476 g/mol. The standard InChI is InChI=1S/C25H29N7OS/c1-25(2)11-17-18(14-33-25)23(32-9-7-31(3)8-10-32)30-24-19(17)20-21(34-24)22(29-15-28-20)27-13-16-5-4-6-26-12-16/h4-6,12,15H,7-11,13-14H2,1-3H3,(H,27,28,29). The number of hydrogen-bond donors (Lipinski definition) is 1. The summed E-state index contributed by atoms with van der Waals surface area (Å²) in [7, 11) is 2.18. The van der Waals surface area contributed by atoms with Crippen molar-refractivity contribution in [3.63, 3.8) is 0 Å². The lowest BCUT2D eigenvalue weighted by Crippen LogP contribution is -2.45. The van der Waals surface area contributed by atoms with Crippen molar-refractivity contribution in [2.24, 2.45) is 0 Å². The van der Waals surface area contributed by atoms with E-state index in [1.165, 1.54) is 11.1 Å². The second kappa shape index (κ2) is 8.41. The molecule has 1 saturated heterocycles. The average Bonchev–Trinajstić information content (AvgIpc) is 3.22. The highest BCUT2D eigenvalue weighted by Gasteiger charge is 2.33. The van der Waals surface area contributed by atoms with Crippen LogP contribution in [0.4, 0.5) is 11.6 Å². The van der Waals surface area contributed by atoms with Crippen LogP contribution in [-0.4, -0.2) is 63.7 Å². The van der Waals surface area contributed by atoms with Gasteiger partial charge in [-0.2, -0.15) is 0 Å². The van der Waals surface area contributed by atoms with E-state index in [1.54, 1.807) is 23.9 Å². The van der Waals surface area contributed by atoms with Gasteiger partial charge in [0, 0.05) is 62.5 Å². The van der Waals surface area contributed by atoms with E-state index in [0.29, 0.717) is 13.2 Å². The molecule has 176 valence electrons. The van der Waals surface area contributed by atoms with Gasteiger partial charge in [0.2, 0.25) is 0 Å². The molecule has 0 unspecified atom stereocenters. The number of aromatic nitrogens is 4. The zero-order valence-corrected chi connectivity index (χ0v) is 20.7. The summed E-state index contributed by atoms with van der Waals surface area (Å²) in [6.45, 7) is 9.63. The van der Waals surface area contributed by atoms with Gasteiger partial charge in [0.25, 0.3) is 0 Å². The van der Waals surface area contributed by atoms with Crippen molar-refractivity contribution >= 4 is 43.4 Å². The number of anilines is 2. The molecule has 0 aliphatic carbocycles. The van der Waals surface area contributed by atoms with Crippen LogP contribution in [0.1, 0.15) is 30.5 Å². The monoisotopic (exact) mass is 475 g/mol. The van der Waals surface area contributed by atoms with E-state index >= 15 is 0 Å². The largest absolute Gasteiger partial charge is 0.370 e. The molecule has 0 aromatic carbocycles. The second-order valence-electron chi connectivity index (χ2n) is 9.81. The van der Waals surface area contributed by atoms with E-state index in [9.17, 15) is 0 Å². The normalized spacial score (nSPS) is 18.4. The first-order valence-electron chi connectivity index (χ1n) is 11.8. The summed E-state index contributed by atoms with van der Waals surface area (Å²) < 4.78 is 7.32. The van der Waals surface area contributed by atoms with Crippen LogP contribution >= 0.6 is 11.3 Å². The maximum absolute atomic E-state index is 6.27. The SMILES string of the molecule is CN1CCN(c2nc3sc4c(NCc5cccnc5)ncnc4c3c3c2COC(C)(C)C3)CC1. The Hall–Kier alpha value is -2.88. The highest BCUT2D eigenvalue weighted by Crippen LogP contribution is 2.44. The number of nitrogens with zero attached hydrogens (tertiary/aromatic N) is 6. The van der Waals surface area contributed by atoms with Crippen LogP contribution in [0.25, 0.3) is 20.4 Å². The molecule has 1 fully saturated rings. The predicted octanol–water partition coefficient (Wildman–Crippen LogP) is 3.85. The van der Waals surface area contributed by atoms with Crippen molar-refractivity contribution in [2.45, 2.75) is 39.0 Å². The van der Waals surface area contributed by atoms with E-state index in [1.807, 2.05) is 12.3 Å². The molecule has 8 nitrogen and oxygen atoms in total. The molecule has 6 rings (SSSR count). The molecule has 1 N–H and O–H groups in total. The zero-order valence-electron chi connectivity index (χ0n) is 19.8. The molecular weight excluding hydrogens is 446 g/mol. The lowest BCUT2D eigenvalue weighted by molar-refractivity contribution is -0.0395. The summed E-state index contributed by atoms with van der Waals surface area (Å²) in [5.41, 5.74) is 4.43. The van der Waals surface area contributed by atoms with Gasteiger partial charge in [-0.15, -0.1) is 11.3 Å². The van der Waals surface area contributed by atoms with E-state index in [2.05, 4.69) is 52.0 Å². The van der Waals surface area contributed by atoms with E-state index in [4.69, 9.17) is 14.7 Å². The molecule has 0 bridgehead atoms. The van der Waals surface area contributed by atoms with Crippen LogP contribution in [0.15, 0.2) is 30.9 Å². The van der Waals surface area contributed by atoms with Crippen molar-refractivity contribution < 1.29 is 4.74 Å². The maximum Gasteiger partial charge on any atom is 0.147 e. The van der Waals surface area contributed by atoms with Crippen LogP contribution in [0.5, 0.6) is 0 Å². The molecule has 0 radical (unpaired) electrons. The highest BCUT2D eigenvalue weighted by atomic mass is 32.1. The molecule has 4 aromatic heterocycles. The van der Waals surface area contributed by atoms with Gasteiger partial charge in [-0.05, 0) is 38.1 Å². The first-order chi connectivity index (χ1) is 16.5. The lowest BCUT2D eigenvalue weighted by Gasteiger charge is -2.38. The summed E-state index contributed by atoms with van der Waals surface area (Å²) in [5.74, 6) is 1.92. The number of pyridine rings is 2. The molecule has 6 heterocycles. The molecule has 0 saturated carbocycles. The van der Waals surface area contributed by atoms with Crippen LogP contribution in [-0.2, 0) is 24.3 Å². The Kier molecular flexibility index (Phi) is 5.35. The van der Waals surface area contributed by atoms with Gasteiger partial charge >= 0.3 is 0 Å². The van der Waals surface area contributed by atoms with Gasteiger partial charge < -0.3 is 19.9 Å². The molecule has 34 heavy (non-hydrogen) atoms. The first kappa shape index (κ1) is 21.6. The number of hydrogen-bond acceptors (Lipinski definition) is 9. The van der Waals surface area contributed by atoms with Crippen molar-refractivity contribution in [1.82, 2.24) is 24.8 Å². The maximum atomic E-state index is 6.27. The lowest BCUT2D eigenvalue weighted by atomic mass is 9.90.